The highest BCUT2D eigenvalue weighted by Gasteiger charge is 2.29. The van der Waals surface area contributed by atoms with Gasteiger partial charge in [0.2, 0.25) is 0 Å². The number of nitrogens with one attached hydrogen (secondary N) is 1. The van der Waals surface area contributed by atoms with Crippen LogP contribution in [0.15, 0.2) is 65.7 Å². The highest BCUT2D eigenvalue weighted by Crippen LogP contribution is 2.39. The molecule has 0 bridgehead atoms. The summed E-state index contributed by atoms with van der Waals surface area (Å²) in [6.45, 7) is 8.83. The second-order valence-corrected chi connectivity index (χ2v) is 8.44. The minimum absolute atomic E-state index is 0.0838. The monoisotopic (exact) mass is 428 g/mol. The predicted molar refractivity (Wildman–Crippen MR) is 131 cm³/mol. The van der Waals surface area contributed by atoms with Crippen molar-refractivity contribution in [3.05, 3.63) is 94.0 Å². The molecule has 0 saturated carbocycles. The van der Waals surface area contributed by atoms with E-state index in [1.54, 1.807) is 0 Å². The number of phenols is 1. The highest BCUT2D eigenvalue weighted by atomic mass is 16.5. The van der Waals surface area contributed by atoms with E-state index < -0.39 is 0 Å². The molecule has 2 N–H and O–H groups in total. The van der Waals surface area contributed by atoms with Crippen LogP contribution in [0.5, 0.6) is 11.5 Å². The van der Waals surface area contributed by atoms with E-state index in [-0.39, 0.29) is 18.0 Å². The van der Waals surface area contributed by atoms with Crippen LogP contribution < -0.4 is 10.1 Å². The number of aliphatic imine (C=N–C) groups is 1. The Hall–Kier alpha value is -3.11. The van der Waals surface area contributed by atoms with Gasteiger partial charge in [-0.05, 0) is 55.5 Å². The van der Waals surface area contributed by atoms with Crippen LogP contribution in [0.2, 0.25) is 0 Å². The zero-order chi connectivity index (χ0) is 22.7. The van der Waals surface area contributed by atoms with Gasteiger partial charge in [-0.2, -0.15) is 0 Å². The zero-order valence-electron chi connectivity index (χ0n) is 19.4. The fourth-order valence-electron chi connectivity index (χ4n) is 4.40. The van der Waals surface area contributed by atoms with Gasteiger partial charge in [-0.1, -0.05) is 67.1 Å². The molecule has 4 nitrogen and oxygen atoms in total. The molecule has 4 rings (SSSR count). The van der Waals surface area contributed by atoms with E-state index in [0.717, 1.165) is 28.8 Å². The maximum Gasteiger partial charge on any atom is 0.162 e. The third-order valence-electron chi connectivity index (χ3n) is 6.16. The molecule has 0 unspecified atom stereocenters. The number of aromatic hydroxyl groups is 1. The number of rotatable bonds is 6. The smallest absolute Gasteiger partial charge is 0.162 e. The summed E-state index contributed by atoms with van der Waals surface area (Å²) in [6.07, 6.45) is 1.52. The van der Waals surface area contributed by atoms with E-state index in [0.29, 0.717) is 18.8 Å². The van der Waals surface area contributed by atoms with E-state index in [1.165, 1.54) is 16.7 Å². The summed E-state index contributed by atoms with van der Waals surface area (Å²) in [4.78, 5) is 5.13. The van der Waals surface area contributed by atoms with Crippen molar-refractivity contribution in [1.82, 2.24) is 5.32 Å². The average molecular weight is 429 g/mol. The van der Waals surface area contributed by atoms with Crippen molar-refractivity contribution in [2.75, 3.05) is 6.61 Å². The minimum Gasteiger partial charge on any atom is -0.504 e. The number of benzene rings is 3. The zero-order valence-corrected chi connectivity index (χ0v) is 19.4. The lowest BCUT2D eigenvalue weighted by Crippen LogP contribution is -2.33. The number of hydrogen-bond acceptors (Lipinski definition) is 4. The lowest BCUT2D eigenvalue weighted by molar-refractivity contribution is 0.313. The molecule has 0 aliphatic carbocycles. The summed E-state index contributed by atoms with van der Waals surface area (Å²) in [7, 11) is 0. The van der Waals surface area contributed by atoms with Crippen molar-refractivity contribution in [1.29, 1.82) is 0 Å². The minimum atomic E-state index is -0.189. The SMILES string of the molecule is CCOc1cccc([C@H]2CC(c3ccc(CC)cc3)=N[C@@H](c3ccc(C)cc3C)N2)c1O. The number of hydrogen-bond donors (Lipinski definition) is 2. The van der Waals surface area contributed by atoms with E-state index in [2.05, 4.69) is 68.6 Å². The van der Waals surface area contributed by atoms with Gasteiger partial charge >= 0.3 is 0 Å². The normalized spacial score (nSPS) is 18.3. The first-order valence-electron chi connectivity index (χ1n) is 11.4. The number of nitrogens with zero attached hydrogens (tertiary/aromatic N) is 1. The lowest BCUT2D eigenvalue weighted by Gasteiger charge is -2.32. The van der Waals surface area contributed by atoms with Gasteiger partial charge in [0, 0.05) is 23.7 Å². The molecule has 0 amide bonds. The molecule has 0 spiro atoms. The molecule has 1 aliphatic rings. The second-order valence-electron chi connectivity index (χ2n) is 8.44. The molecule has 3 aromatic carbocycles. The third-order valence-corrected chi connectivity index (χ3v) is 6.16. The maximum absolute atomic E-state index is 10.9. The van der Waals surface area contributed by atoms with Gasteiger partial charge in [-0.3, -0.25) is 10.3 Å². The second kappa shape index (κ2) is 9.58. The fourth-order valence-corrected chi connectivity index (χ4v) is 4.40. The Morgan fingerprint density at radius 1 is 1.00 bits per heavy atom. The molecule has 166 valence electrons. The highest BCUT2D eigenvalue weighted by molar-refractivity contribution is 6.01. The summed E-state index contributed by atoms with van der Waals surface area (Å²) in [6, 6.07) is 20.8. The summed E-state index contributed by atoms with van der Waals surface area (Å²) in [5, 5.41) is 14.6. The summed E-state index contributed by atoms with van der Waals surface area (Å²) >= 11 is 0. The van der Waals surface area contributed by atoms with Crippen molar-refractivity contribution in [3.63, 3.8) is 0 Å². The van der Waals surface area contributed by atoms with Crippen LogP contribution in [0.1, 0.15) is 65.9 Å². The molecule has 1 aliphatic heterocycles. The number of para-hydroxylation sites is 1. The Morgan fingerprint density at radius 3 is 2.47 bits per heavy atom. The maximum atomic E-state index is 10.9. The van der Waals surface area contributed by atoms with Crippen molar-refractivity contribution in [2.24, 2.45) is 4.99 Å². The molecule has 4 heteroatoms. The first-order chi connectivity index (χ1) is 15.5. The fraction of sp³-hybridized carbons (Fsp3) is 0.321. The van der Waals surface area contributed by atoms with Crippen LogP contribution in [-0.2, 0) is 6.42 Å². The Labute approximate surface area is 191 Å². The number of ether oxygens (including phenoxy) is 1. The van der Waals surface area contributed by atoms with Crippen molar-refractivity contribution >= 4 is 5.71 Å². The van der Waals surface area contributed by atoms with Gasteiger partial charge in [0.15, 0.2) is 11.5 Å². The lowest BCUT2D eigenvalue weighted by atomic mass is 9.92. The van der Waals surface area contributed by atoms with E-state index in [9.17, 15) is 5.11 Å². The van der Waals surface area contributed by atoms with Crippen LogP contribution in [0.4, 0.5) is 0 Å². The Kier molecular flexibility index (Phi) is 6.61. The van der Waals surface area contributed by atoms with Gasteiger partial charge in [0.1, 0.15) is 6.17 Å². The van der Waals surface area contributed by atoms with Crippen molar-refractivity contribution in [2.45, 2.75) is 52.7 Å². The summed E-state index contributed by atoms with van der Waals surface area (Å²) < 4.78 is 5.64. The van der Waals surface area contributed by atoms with Gasteiger partial charge in [-0.15, -0.1) is 0 Å². The van der Waals surface area contributed by atoms with Crippen LogP contribution >= 0.6 is 0 Å². The van der Waals surface area contributed by atoms with Crippen LogP contribution in [-0.4, -0.2) is 17.4 Å². The van der Waals surface area contributed by atoms with Gasteiger partial charge in [-0.25, -0.2) is 0 Å². The summed E-state index contributed by atoms with van der Waals surface area (Å²) in [5.41, 5.74) is 7.92. The van der Waals surface area contributed by atoms with Gasteiger partial charge in [0.05, 0.1) is 6.61 Å². The molecule has 1 heterocycles. The van der Waals surface area contributed by atoms with Crippen LogP contribution in [0.25, 0.3) is 0 Å². The van der Waals surface area contributed by atoms with Gasteiger partial charge < -0.3 is 9.84 Å². The molecule has 0 saturated heterocycles. The topological polar surface area (TPSA) is 53.8 Å². The largest absolute Gasteiger partial charge is 0.504 e. The van der Waals surface area contributed by atoms with Gasteiger partial charge in [0.25, 0.3) is 0 Å². The Morgan fingerprint density at radius 2 is 1.78 bits per heavy atom. The molecule has 2 atom stereocenters. The molecule has 3 aromatic rings. The molecule has 0 aromatic heterocycles. The number of aryl methyl sites for hydroxylation is 3. The van der Waals surface area contributed by atoms with E-state index >= 15 is 0 Å². The third kappa shape index (κ3) is 4.56. The summed E-state index contributed by atoms with van der Waals surface area (Å²) in [5.74, 6) is 0.722. The molecule has 32 heavy (non-hydrogen) atoms. The molecular weight excluding hydrogens is 396 g/mol. The van der Waals surface area contributed by atoms with Crippen LogP contribution in [0, 0.1) is 13.8 Å². The standard InChI is InChI=1S/C28H32N2O2/c1-5-20-11-13-21(14-12-20)24-17-25(23-8-7-9-26(27(23)31)32-6-2)30-28(29-24)22-15-10-18(3)16-19(22)4/h7-16,25,28,30-31H,5-6,17H2,1-4H3/t25-,28-/m1/s1. The van der Waals surface area contributed by atoms with E-state index in [1.807, 2.05) is 25.1 Å². The average Bonchev–Trinajstić information content (AvgIpc) is 2.80. The predicted octanol–water partition coefficient (Wildman–Crippen LogP) is 6.19. The molecular formula is C28H32N2O2. The Balaban J connectivity index is 1.77. The van der Waals surface area contributed by atoms with Crippen molar-refractivity contribution in [3.8, 4) is 11.5 Å². The van der Waals surface area contributed by atoms with Crippen LogP contribution in [0.3, 0.4) is 0 Å². The Bertz CT molecular complexity index is 1120. The first-order valence-corrected chi connectivity index (χ1v) is 11.4. The first kappa shape index (κ1) is 22.1. The quantitative estimate of drug-likeness (QED) is 0.492. The van der Waals surface area contributed by atoms with E-state index in [4.69, 9.17) is 9.73 Å². The number of phenolic OH excluding ortho intramolecular Hbond substituents is 1. The molecule has 0 fully saturated rings. The van der Waals surface area contributed by atoms with Crippen molar-refractivity contribution < 1.29 is 9.84 Å². The molecule has 0 radical (unpaired) electrons.